The molecule has 0 aliphatic rings. The third-order valence-electron chi connectivity index (χ3n) is 2.99. The van der Waals surface area contributed by atoms with E-state index in [1.54, 1.807) is 36.5 Å². The molecule has 20 heavy (non-hydrogen) atoms. The summed E-state index contributed by atoms with van der Waals surface area (Å²) >= 11 is 1.70. The van der Waals surface area contributed by atoms with Crippen LogP contribution in [0.3, 0.4) is 0 Å². The molecule has 2 aromatic heterocycles. The first-order valence-electron chi connectivity index (χ1n) is 6.40. The van der Waals surface area contributed by atoms with Crippen LogP contribution in [0.2, 0.25) is 0 Å². The Morgan fingerprint density at radius 3 is 3.10 bits per heavy atom. The molecule has 0 saturated carbocycles. The maximum atomic E-state index is 12.1. The number of fused-ring (bicyclic) bond motifs is 1. The lowest BCUT2D eigenvalue weighted by Crippen LogP contribution is -2.25. The molecule has 0 saturated heterocycles. The Morgan fingerprint density at radius 2 is 2.30 bits per heavy atom. The largest absolute Gasteiger partial charge is 0.441 e. The molecule has 2 heterocycles. The third-order valence-corrected chi connectivity index (χ3v) is 3.93. The van der Waals surface area contributed by atoms with Gasteiger partial charge in [-0.3, -0.25) is 4.79 Å². The van der Waals surface area contributed by atoms with Gasteiger partial charge in [-0.25, -0.2) is 4.98 Å². The minimum atomic E-state index is -0.0856. The van der Waals surface area contributed by atoms with Crippen molar-refractivity contribution in [2.24, 2.45) is 0 Å². The van der Waals surface area contributed by atoms with E-state index >= 15 is 0 Å². The monoisotopic (exact) mass is 286 g/mol. The minimum Gasteiger partial charge on any atom is -0.441 e. The summed E-state index contributed by atoms with van der Waals surface area (Å²) in [6, 6.07) is 9.39. The number of thiophene rings is 1. The van der Waals surface area contributed by atoms with Crippen molar-refractivity contribution in [1.82, 2.24) is 10.3 Å². The minimum absolute atomic E-state index is 0.0856. The van der Waals surface area contributed by atoms with Crippen molar-refractivity contribution in [2.75, 3.05) is 6.54 Å². The van der Waals surface area contributed by atoms with E-state index in [2.05, 4.69) is 16.4 Å². The van der Waals surface area contributed by atoms with Gasteiger partial charge in [0, 0.05) is 23.9 Å². The topological polar surface area (TPSA) is 55.1 Å². The molecular formula is C15H14N2O2S. The van der Waals surface area contributed by atoms with Gasteiger partial charge < -0.3 is 9.73 Å². The van der Waals surface area contributed by atoms with Crippen LogP contribution in [0.15, 0.2) is 40.1 Å². The Hall–Kier alpha value is -2.14. The van der Waals surface area contributed by atoms with E-state index in [0.717, 1.165) is 11.9 Å². The second-order valence-electron chi connectivity index (χ2n) is 4.50. The van der Waals surface area contributed by atoms with Crippen LogP contribution in [-0.4, -0.2) is 17.4 Å². The smallest absolute Gasteiger partial charge is 0.251 e. The van der Waals surface area contributed by atoms with E-state index in [-0.39, 0.29) is 5.91 Å². The summed E-state index contributed by atoms with van der Waals surface area (Å²) in [4.78, 5) is 17.5. The number of hydrogen-bond donors (Lipinski definition) is 1. The van der Waals surface area contributed by atoms with E-state index in [0.29, 0.717) is 23.6 Å². The normalized spacial score (nSPS) is 10.8. The van der Waals surface area contributed by atoms with Gasteiger partial charge in [0.15, 0.2) is 11.5 Å². The van der Waals surface area contributed by atoms with Gasteiger partial charge in [-0.15, -0.1) is 11.3 Å². The van der Waals surface area contributed by atoms with Crippen LogP contribution in [0.5, 0.6) is 0 Å². The summed E-state index contributed by atoms with van der Waals surface area (Å²) in [5.74, 6) is 0.521. The molecule has 0 aliphatic carbocycles. The summed E-state index contributed by atoms with van der Waals surface area (Å²) < 4.78 is 5.43. The van der Waals surface area contributed by atoms with Gasteiger partial charge >= 0.3 is 0 Å². The maximum Gasteiger partial charge on any atom is 0.251 e. The second kappa shape index (κ2) is 5.46. The Kier molecular flexibility index (Phi) is 3.52. The highest BCUT2D eigenvalue weighted by Crippen LogP contribution is 2.16. The summed E-state index contributed by atoms with van der Waals surface area (Å²) in [6.45, 7) is 2.42. The number of aryl methyl sites for hydroxylation is 1. The highest BCUT2D eigenvalue weighted by Gasteiger charge is 2.09. The Morgan fingerprint density at radius 1 is 1.40 bits per heavy atom. The molecule has 0 unspecified atom stereocenters. The first kappa shape index (κ1) is 12.9. The van der Waals surface area contributed by atoms with E-state index in [1.807, 2.05) is 11.4 Å². The number of rotatable bonds is 4. The highest BCUT2D eigenvalue weighted by molar-refractivity contribution is 7.09. The molecule has 4 nitrogen and oxygen atoms in total. The number of carbonyl (C=O) groups is 1. The van der Waals surface area contributed by atoms with Crippen molar-refractivity contribution in [2.45, 2.75) is 13.3 Å². The average Bonchev–Trinajstić information content (AvgIpc) is 3.05. The zero-order valence-corrected chi connectivity index (χ0v) is 11.9. The van der Waals surface area contributed by atoms with Gasteiger partial charge in [-0.05, 0) is 36.1 Å². The number of oxazole rings is 1. The molecule has 3 aromatic rings. The standard InChI is InChI=1S/C15H14N2O2S/c1-10-17-13-5-4-11(9-14(13)19-10)15(18)16-7-6-12-3-2-8-20-12/h2-5,8-9H,6-7H2,1H3,(H,16,18). The van der Waals surface area contributed by atoms with Crippen molar-refractivity contribution >= 4 is 28.3 Å². The van der Waals surface area contributed by atoms with Crippen LogP contribution < -0.4 is 5.32 Å². The zero-order chi connectivity index (χ0) is 13.9. The lowest BCUT2D eigenvalue weighted by molar-refractivity contribution is 0.0954. The number of aromatic nitrogens is 1. The molecule has 0 aliphatic heterocycles. The molecule has 1 N–H and O–H groups in total. The Balaban J connectivity index is 1.65. The number of nitrogens with one attached hydrogen (secondary N) is 1. The highest BCUT2D eigenvalue weighted by atomic mass is 32.1. The second-order valence-corrected chi connectivity index (χ2v) is 5.53. The molecule has 0 fully saturated rings. The van der Waals surface area contributed by atoms with Gasteiger partial charge in [0.25, 0.3) is 5.91 Å². The van der Waals surface area contributed by atoms with Crippen molar-refractivity contribution in [1.29, 1.82) is 0 Å². The number of nitrogens with zero attached hydrogens (tertiary/aromatic N) is 1. The maximum absolute atomic E-state index is 12.1. The average molecular weight is 286 g/mol. The van der Waals surface area contributed by atoms with Gasteiger partial charge in [0.1, 0.15) is 5.52 Å². The predicted octanol–water partition coefficient (Wildman–Crippen LogP) is 3.17. The van der Waals surface area contributed by atoms with Crippen molar-refractivity contribution in [3.8, 4) is 0 Å². The number of amides is 1. The molecule has 102 valence electrons. The third kappa shape index (κ3) is 2.72. The lowest BCUT2D eigenvalue weighted by atomic mass is 10.2. The quantitative estimate of drug-likeness (QED) is 0.801. The Labute approximate surface area is 120 Å². The number of benzene rings is 1. The molecule has 1 amide bonds. The molecular weight excluding hydrogens is 272 g/mol. The van der Waals surface area contributed by atoms with Crippen molar-refractivity contribution in [3.05, 3.63) is 52.0 Å². The fraction of sp³-hybridized carbons (Fsp3) is 0.200. The lowest BCUT2D eigenvalue weighted by Gasteiger charge is -2.04. The van der Waals surface area contributed by atoms with Gasteiger partial charge in [0.2, 0.25) is 0 Å². The summed E-state index contributed by atoms with van der Waals surface area (Å²) in [5.41, 5.74) is 2.02. The number of hydrogen-bond acceptors (Lipinski definition) is 4. The zero-order valence-electron chi connectivity index (χ0n) is 11.1. The predicted molar refractivity (Wildman–Crippen MR) is 79.1 cm³/mol. The van der Waals surface area contributed by atoms with Crippen LogP contribution >= 0.6 is 11.3 Å². The molecule has 0 atom stereocenters. The fourth-order valence-electron chi connectivity index (χ4n) is 2.04. The van der Waals surface area contributed by atoms with Crippen LogP contribution in [0.4, 0.5) is 0 Å². The van der Waals surface area contributed by atoms with E-state index in [1.165, 1.54) is 4.88 Å². The molecule has 0 bridgehead atoms. The first-order valence-corrected chi connectivity index (χ1v) is 7.28. The van der Waals surface area contributed by atoms with Crippen LogP contribution in [0, 0.1) is 6.92 Å². The fourth-order valence-corrected chi connectivity index (χ4v) is 2.75. The first-order chi connectivity index (χ1) is 9.72. The van der Waals surface area contributed by atoms with Crippen LogP contribution in [0.25, 0.3) is 11.1 Å². The van der Waals surface area contributed by atoms with Gasteiger partial charge in [0.05, 0.1) is 0 Å². The van der Waals surface area contributed by atoms with E-state index in [9.17, 15) is 4.79 Å². The van der Waals surface area contributed by atoms with Gasteiger partial charge in [-0.1, -0.05) is 6.07 Å². The van der Waals surface area contributed by atoms with Crippen molar-refractivity contribution in [3.63, 3.8) is 0 Å². The SMILES string of the molecule is Cc1nc2ccc(C(=O)NCCc3cccs3)cc2o1. The van der Waals surface area contributed by atoms with E-state index < -0.39 is 0 Å². The molecule has 1 aromatic carbocycles. The molecule has 3 rings (SSSR count). The van der Waals surface area contributed by atoms with Crippen LogP contribution in [-0.2, 0) is 6.42 Å². The number of carbonyl (C=O) groups excluding carboxylic acids is 1. The van der Waals surface area contributed by atoms with Crippen LogP contribution in [0.1, 0.15) is 21.1 Å². The summed E-state index contributed by atoms with van der Waals surface area (Å²) in [6.07, 6.45) is 0.854. The van der Waals surface area contributed by atoms with Crippen molar-refractivity contribution < 1.29 is 9.21 Å². The summed E-state index contributed by atoms with van der Waals surface area (Å²) in [7, 11) is 0. The van der Waals surface area contributed by atoms with E-state index in [4.69, 9.17) is 4.42 Å². The molecule has 5 heteroatoms. The molecule has 0 spiro atoms. The Bertz CT molecular complexity index is 732. The summed E-state index contributed by atoms with van der Waals surface area (Å²) in [5, 5.41) is 4.95. The van der Waals surface area contributed by atoms with Gasteiger partial charge in [-0.2, -0.15) is 0 Å². The molecule has 0 radical (unpaired) electrons.